The van der Waals surface area contributed by atoms with Crippen LogP contribution in [0.4, 0.5) is 0 Å². The van der Waals surface area contributed by atoms with Gasteiger partial charge in [-0.1, -0.05) is 18.2 Å². The molecule has 0 amide bonds. The zero-order chi connectivity index (χ0) is 10.7. The van der Waals surface area contributed by atoms with Crippen LogP contribution in [0, 0.1) is 6.92 Å². The average molecular weight is 198 g/mol. The average Bonchev–Trinajstić information content (AvgIpc) is 2.25. The molecule has 2 rings (SSSR count). The lowest BCUT2D eigenvalue weighted by Crippen LogP contribution is -1.92. The predicted octanol–water partition coefficient (Wildman–Crippen LogP) is 3.12. The summed E-state index contributed by atoms with van der Waals surface area (Å²) in [5, 5.41) is 11.6. The fraction of sp³-hybridized carbons (Fsp3) is 0.154. The van der Waals surface area contributed by atoms with Gasteiger partial charge in [0, 0.05) is 24.4 Å². The van der Waals surface area contributed by atoms with Crippen molar-refractivity contribution in [1.82, 2.24) is 4.98 Å². The van der Waals surface area contributed by atoms with Gasteiger partial charge in [0.25, 0.3) is 0 Å². The van der Waals surface area contributed by atoms with Crippen molar-refractivity contribution in [1.29, 1.82) is 0 Å². The maximum atomic E-state index is 11.6. The quantitative estimate of drug-likeness (QED) is 0.729. The molecule has 0 saturated carbocycles. The minimum atomic E-state index is 0.110. The summed E-state index contributed by atoms with van der Waals surface area (Å²) in [4.78, 5) is 4.04. The van der Waals surface area contributed by atoms with E-state index in [1.807, 2.05) is 25.1 Å². The molecule has 0 aliphatic carbocycles. The Morgan fingerprint density at radius 2 is 2.07 bits per heavy atom. The minimum absolute atomic E-state index is 0.110. The van der Waals surface area contributed by atoms with Gasteiger partial charge in [0.15, 0.2) is 5.75 Å². The third-order valence-electron chi connectivity index (χ3n) is 2.47. The SMILES string of the molecule is Cc1cccc([O])c1Cc1cccnc1. The molecule has 0 N–H and O–H groups in total. The van der Waals surface area contributed by atoms with Gasteiger partial charge >= 0.3 is 0 Å². The van der Waals surface area contributed by atoms with Crippen LogP contribution in [-0.2, 0) is 11.5 Å². The zero-order valence-electron chi connectivity index (χ0n) is 8.60. The number of rotatable bonds is 2. The molecular formula is C13H12NO. The van der Waals surface area contributed by atoms with E-state index in [4.69, 9.17) is 0 Å². The summed E-state index contributed by atoms with van der Waals surface area (Å²) < 4.78 is 0. The molecule has 2 nitrogen and oxygen atoms in total. The number of hydrogen-bond donors (Lipinski definition) is 0. The Morgan fingerprint density at radius 3 is 2.73 bits per heavy atom. The number of benzene rings is 1. The first-order valence-electron chi connectivity index (χ1n) is 4.92. The smallest absolute Gasteiger partial charge is 0.182 e. The van der Waals surface area contributed by atoms with Crippen molar-refractivity contribution in [3.8, 4) is 5.75 Å². The van der Waals surface area contributed by atoms with Gasteiger partial charge < -0.3 is 0 Å². The molecule has 0 atom stereocenters. The number of nitrogens with zero attached hydrogens (tertiary/aromatic N) is 1. The fourth-order valence-electron chi connectivity index (χ4n) is 1.61. The largest absolute Gasteiger partial charge is 0.290 e. The van der Waals surface area contributed by atoms with Gasteiger partial charge in [-0.15, -0.1) is 0 Å². The molecule has 0 aliphatic rings. The Bertz CT molecular complexity index is 431. The van der Waals surface area contributed by atoms with Crippen molar-refractivity contribution in [2.75, 3.05) is 0 Å². The molecule has 0 unspecified atom stereocenters. The van der Waals surface area contributed by atoms with Crippen LogP contribution in [0.2, 0.25) is 0 Å². The normalized spacial score (nSPS) is 10.2. The molecule has 0 saturated heterocycles. The summed E-state index contributed by atoms with van der Waals surface area (Å²) >= 11 is 0. The van der Waals surface area contributed by atoms with Crippen LogP contribution in [0.1, 0.15) is 16.7 Å². The third-order valence-corrected chi connectivity index (χ3v) is 2.47. The Labute approximate surface area is 89.2 Å². The molecular weight excluding hydrogens is 186 g/mol. The number of pyridine rings is 1. The molecule has 1 aromatic heterocycles. The van der Waals surface area contributed by atoms with Crippen molar-refractivity contribution in [2.45, 2.75) is 13.3 Å². The Hall–Kier alpha value is -1.83. The summed E-state index contributed by atoms with van der Waals surface area (Å²) in [6.45, 7) is 1.97. The second-order valence-corrected chi connectivity index (χ2v) is 3.59. The molecule has 0 aliphatic heterocycles. The van der Waals surface area contributed by atoms with E-state index in [0.717, 1.165) is 16.7 Å². The predicted molar refractivity (Wildman–Crippen MR) is 58.4 cm³/mol. The summed E-state index contributed by atoms with van der Waals surface area (Å²) in [6, 6.07) is 9.24. The molecule has 75 valence electrons. The highest BCUT2D eigenvalue weighted by Crippen LogP contribution is 2.23. The van der Waals surface area contributed by atoms with Crippen LogP contribution >= 0.6 is 0 Å². The molecule has 2 aromatic rings. The molecule has 1 aromatic carbocycles. The lowest BCUT2D eigenvalue weighted by Gasteiger charge is -2.05. The van der Waals surface area contributed by atoms with Crippen molar-refractivity contribution < 1.29 is 5.11 Å². The zero-order valence-corrected chi connectivity index (χ0v) is 8.60. The number of aryl methyl sites for hydroxylation is 1. The second-order valence-electron chi connectivity index (χ2n) is 3.59. The van der Waals surface area contributed by atoms with Gasteiger partial charge in [-0.2, -0.15) is 0 Å². The Balaban J connectivity index is 2.32. The van der Waals surface area contributed by atoms with E-state index in [2.05, 4.69) is 4.98 Å². The topological polar surface area (TPSA) is 32.8 Å². The standard InChI is InChI=1S/C13H12NO/c1-10-4-2-6-13(15)12(10)8-11-5-3-7-14-9-11/h2-7,9H,8H2,1H3. The van der Waals surface area contributed by atoms with E-state index in [1.54, 1.807) is 24.5 Å². The summed E-state index contributed by atoms with van der Waals surface area (Å²) in [5.74, 6) is 0.110. The first-order valence-corrected chi connectivity index (χ1v) is 4.92. The van der Waals surface area contributed by atoms with Crippen molar-refractivity contribution in [3.63, 3.8) is 0 Å². The van der Waals surface area contributed by atoms with Crippen LogP contribution in [0.15, 0.2) is 42.7 Å². The van der Waals surface area contributed by atoms with Gasteiger partial charge in [-0.05, 0) is 30.2 Å². The van der Waals surface area contributed by atoms with E-state index in [-0.39, 0.29) is 5.75 Å². The van der Waals surface area contributed by atoms with Crippen LogP contribution < -0.4 is 0 Å². The Morgan fingerprint density at radius 1 is 1.20 bits per heavy atom. The maximum Gasteiger partial charge on any atom is 0.182 e. The minimum Gasteiger partial charge on any atom is -0.290 e. The maximum absolute atomic E-state index is 11.6. The van der Waals surface area contributed by atoms with E-state index < -0.39 is 0 Å². The molecule has 0 fully saturated rings. The Kier molecular flexibility index (Phi) is 2.68. The first-order chi connectivity index (χ1) is 7.27. The third kappa shape index (κ3) is 2.15. The van der Waals surface area contributed by atoms with Gasteiger partial charge in [0.1, 0.15) is 0 Å². The second kappa shape index (κ2) is 4.13. The van der Waals surface area contributed by atoms with Gasteiger partial charge in [-0.3, -0.25) is 10.1 Å². The van der Waals surface area contributed by atoms with E-state index in [9.17, 15) is 5.11 Å². The van der Waals surface area contributed by atoms with Crippen molar-refractivity contribution in [3.05, 3.63) is 59.4 Å². The molecule has 0 spiro atoms. The molecule has 15 heavy (non-hydrogen) atoms. The molecule has 1 heterocycles. The van der Waals surface area contributed by atoms with Crippen LogP contribution in [0.5, 0.6) is 5.75 Å². The summed E-state index contributed by atoms with van der Waals surface area (Å²) in [5.41, 5.74) is 2.99. The number of hydrogen-bond acceptors (Lipinski definition) is 1. The van der Waals surface area contributed by atoms with Crippen LogP contribution in [0.25, 0.3) is 0 Å². The van der Waals surface area contributed by atoms with E-state index in [0.29, 0.717) is 6.42 Å². The van der Waals surface area contributed by atoms with Crippen LogP contribution in [-0.4, -0.2) is 4.98 Å². The van der Waals surface area contributed by atoms with Crippen molar-refractivity contribution >= 4 is 0 Å². The van der Waals surface area contributed by atoms with Crippen molar-refractivity contribution in [2.24, 2.45) is 0 Å². The van der Waals surface area contributed by atoms with Crippen LogP contribution in [0.3, 0.4) is 0 Å². The molecule has 0 bridgehead atoms. The highest BCUT2D eigenvalue weighted by Gasteiger charge is 2.06. The lowest BCUT2D eigenvalue weighted by molar-refractivity contribution is 0.350. The highest BCUT2D eigenvalue weighted by atomic mass is 16.3. The summed E-state index contributed by atoms with van der Waals surface area (Å²) in [7, 11) is 0. The van der Waals surface area contributed by atoms with Gasteiger partial charge in [0.05, 0.1) is 0 Å². The number of aromatic nitrogens is 1. The van der Waals surface area contributed by atoms with E-state index in [1.165, 1.54) is 0 Å². The fourth-order valence-corrected chi connectivity index (χ4v) is 1.61. The lowest BCUT2D eigenvalue weighted by atomic mass is 10.0. The molecule has 2 heteroatoms. The van der Waals surface area contributed by atoms with Gasteiger partial charge in [0.2, 0.25) is 0 Å². The summed E-state index contributed by atoms with van der Waals surface area (Å²) in [6.07, 6.45) is 4.20. The highest BCUT2D eigenvalue weighted by molar-refractivity contribution is 5.41. The van der Waals surface area contributed by atoms with E-state index >= 15 is 0 Å². The molecule has 1 radical (unpaired) electrons. The first kappa shape index (κ1) is 9.71. The van der Waals surface area contributed by atoms with Gasteiger partial charge in [-0.25, -0.2) is 0 Å². The monoisotopic (exact) mass is 198 g/mol.